The monoisotopic (exact) mass is 427 g/mol. The van der Waals surface area contributed by atoms with Gasteiger partial charge < -0.3 is 30.1 Å². The number of fused-ring (bicyclic) bond motifs is 2. The fourth-order valence-electron chi connectivity index (χ4n) is 4.47. The number of rotatable bonds is 5. The van der Waals surface area contributed by atoms with E-state index < -0.39 is 31.1 Å². The summed E-state index contributed by atoms with van der Waals surface area (Å²) in [5.74, 6) is 1.39. The molecule has 0 amide bonds. The van der Waals surface area contributed by atoms with Crippen LogP contribution in [0.4, 0.5) is 5.82 Å². The molecule has 1 aliphatic carbocycles. The molecule has 0 radical (unpaired) electrons. The van der Waals surface area contributed by atoms with E-state index in [1.54, 1.807) is 11.7 Å². The summed E-state index contributed by atoms with van der Waals surface area (Å²) in [6.45, 7) is -0.395. The molecular formula is C21H25N5O5. The van der Waals surface area contributed by atoms with Crippen LogP contribution in [-0.2, 0) is 11.2 Å². The third-order valence-electron chi connectivity index (χ3n) is 6.13. The number of benzene rings is 1. The lowest BCUT2D eigenvalue weighted by Gasteiger charge is -2.27. The van der Waals surface area contributed by atoms with Crippen LogP contribution >= 0.6 is 0 Å². The molecule has 10 heteroatoms. The number of hydrogen-bond donors (Lipinski definition) is 4. The highest BCUT2D eigenvalue weighted by Crippen LogP contribution is 2.36. The lowest BCUT2D eigenvalue weighted by Crippen LogP contribution is -2.33. The molecule has 5 rings (SSSR count). The predicted octanol–water partition coefficient (Wildman–Crippen LogP) is 0.936. The molecule has 3 aromatic rings. The Bertz CT molecular complexity index is 1090. The normalized spacial score (nSPS) is 27.9. The van der Waals surface area contributed by atoms with Crippen LogP contribution in [0.1, 0.15) is 36.2 Å². The molecule has 2 aromatic heterocycles. The SMILES string of the molecule is COc1ccc2c(c1)C(Nc1ncnc3c1ncn3C1OC(CO)C(O)C1O)CCC2. The van der Waals surface area contributed by atoms with Crippen LogP contribution in [-0.4, -0.2) is 66.9 Å². The van der Waals surface area contributed by atoms with Gasteiger partial charge in [0.2, 0.25) is 0 Å². The summed E-state index contributed by atoms with van der Waals surface area (Å²) < 4.78 is 12.6. The third kappa shape index (κ3) is 3.41. The minimum atomic E-state index is -1.21. The van der Waals surface area contributed by atoms with Crippen LogP contribution in [0.15, 0.2) is 30.9 Å². The summed E-state index contributed by atoms with van der Waals surface area (Å²) >= 11 is 0. The maximum Gasteiger partial charge on any atom is 0.167 e. The van der Waals surface area contributed by atoms with Crippen molar-refractivity contribution in [1.82, 2.24) is 19.5 Å². The van der Waals surface area contributed by atoms with Gasteiger partial charge in [0.05, 0.1) is 26.1 Å². The van der Waals surface area contributed by atoms with Crippen molar-refractivity contribution in [3.63, 3.8) is 0 Å². The number of nitrogens with zero attached hydrogens (tertiary/aromatic N) is 4. The molecule has 0 spiro atoms. The molecule has 1 saturated heterocycles. The van der Waals surface area contributed by atoms with E-state index in [0.29, 0.717) is 17.0 Å². The Balaban J connectivity index is 1.47. The van der Waals surface area contributed by atoms with Crippen molar-refractivity contribution < 1.29 is 24.8 Å². The topological polar surface area (TPSA) is 135 Å². The van der Waals surface area contributed by atoms with E-state index in [-0.39, 0.29) is 6.04 Å². The van der Waals surface area contributed by atoms with Gasteiger partial charge in [0.25, 0.3) is 0 Å². The first-order valence-electron chi connectivity index (χ1n) is 10.3. The highest BCUT2D eigenvalue weighted by atomic mass is 16.6. The van der Waals surface area contributed by atoms with Crippen LogP contribution in [0.3, 0.4) is 0 Å². The Morgan fingerprint density at radius 3 is 2.87 bits per heavy atom. The number of ether oxygens (including phenoxy) is 2. The highest BCUT2D eigenvalue weighted by Gasteiger charge is 2.44. The van der Waals surface area contributed by atoms with Gasteiger partial charge in [-0.3, -0.25) is 4.57 Å². The average molecular weight is 427 g/mol. The fraction of sp³-hybridized carbons (Fsp3) is 0.476. The number of aliphatic hydroxyl groups is 3. The zero-order chi connectivity index (χ0) is 21.5. The summed E-state index contributed by atoms with van der Waals surface area (Å²) in [6, 6.07) is 6.19. The number of imidazole rings is 1. The van der Waals surface area contributed by atoms with E-state index in [9.17, 15) is 15.3 Å². The second-order valence-corrected chi connectivity index (χ2v) is 7.93. The summed E-state index contributed by atoms with van der Waals surface area (Å²) in [5, 5.41) is 33.3. The minimum Gasteiger partial charge on any atom is -0.497 e. The van der Waals surface area contributed by atoms with Crippen molar-refractivity contribution in [1.29, 1.82) is 0 Å². The van der Waals surface area contributed by atoms with Gasteiger partial charge in [0, 0.05) is 0 Å². The molecule has 164 valence electrons. The maximum absolute atomic E-state index is 10.4. The van der Waals surface area contributed by atoms with Crippen LogP contribution in [0.5, 0.6) is 5.75 Å². The first-order valence-corrected chi connectivity index (χ1v) is 10.3. The molecular weight excluding hydrogens is 402 g/mol. The molecule has 10 nitrogen and oxygen atoms in total. The number of aliphatic hydroxyl groups excluding tert-OH is 3. The Hall–Kier alpha value is -2.79. The molecule has 1 fully saturated rings. The molecule has 2 aliphatic rings. The van der Waals surface area contributed by atoms with Crippen molar-refractivity contribution in [3.8, 4) is 5.75 Å². The van der Waals surface area contributed by atoms with E-state index in [0.717, 1.165) is 25.0 Å². The Morgan fingerprint density at radius 1 is 1.23 bits per heavy atom. The van der Waals surface area contributed by atoms with E-state index in [1.165, 1.54) is 23.8 Å². The lowest BCUT2D eigenvalue weighted by molar-refractivity contribution is -0.0511. The Morgan fingerprint density at radius 2 is 2.10 bits per heavy atom. The van der Waals surface area contributed by atoms with Gasteiger partial charge in [-0.1, -0.05) is 6.07 Å². The quantitative estimate of drug-likeness (QED) is 0.469. The fourth-order valence-corrected chi connectivity index (χ4v) is 4.47. The predicted molar refractivity (Wildman–Crippen MR) is 111 cm³/mol. The van der Waals surface area contributed by atoms with Crippen molar-refractivity contribution >= 4 is 17.0 Å². The van der Waals surface area contributed by atoms with Gasteiger partial charge in [-0.15, -0.1) is 0 Å². The summed E-state index contributed by atoms with van der Waals surface area (Å²) in [5.41, 5.74) is 3.47. The van der Waals surface area contributed by atoms with E-state index in [4.69, 9.17) is 9.47 Å². The van der Waals surface area contributed by atoms with Crippen LogP contribution in [0.2, 0.25) is 0 Å². The Kier molecular flexibility index (Phi) is 5.22. The van der Waals surface area contributed by atoms with Gasteiger partial charge in [0.1, 0.15) is 30.4 Å². The van der Waals surface area contributed by atoms with Gasteiger partial charge in [-0.25, -0.2) is 15.0 Å². The number of methoxy groups -OCH3 is 1. The van der Waals surface area contributed by atoms with E-state index >= 15 is 0 Å². The Labute approximate surface area is 178 Å². The smallest absolute Gasteiger partial charge is 0.167 e. The van der Waals surface area contributed by atoms with E-state index in [1.807, 2.05) is 6.07 Å². The maximum atomic E-state index is 10.4. The molecule has 1 aliphatic heterocycles. The standard InChI is InChI=1S/C21H25N5O5/c1-30-12-6-5-11-3-2-4-14(13(11)7-12)25-19-16-20(23-9-22-19)26(10-24-16)21-18(29)17(28)15(8-27)31-21/h5-7,9-10,14-15,17-18,21,27-29H,2-4,8H2,1H3,(H,22,23,25). The third-order valence-corrected chi connectivity index (χ3v) is 6.13. The number of anilines is 1. The number of aromatic nitrogens is 4. The summed E-state index contributed by atoms with van der Waals surface area (Å²) in [6.07, 6.45) is 1.78. The first kappa shape index (κ1) is 20.1. The van der Waals surface area contributed by atoms with Gasteiger partial charge in [0.15, 0.2) is 23.2 Å². The first-order chi connectivity index (χ1) is 15.1. The van der Waals surface area contributed by atoms with Crippen molar-refractivity contribution in [3.05, 3.63) is 42.0 Å². The summed E-state index contributed by atoms with van der Waals surface area (Å²) in [4.78, 5) is 13.2. The average Bonchev–Trinajstić information content (AvgIpc) is 3.35. The molecule has 31 heavy (non-hydrogen) atoms. The van der Waals surface area contributed by atoms with Crippen molar-refractivity contribution in [2.75, 3.05) is 19.0 Å². The zero-order valence-corrected chi connectivity index (χ0v) is 17.0. The minimum absolute atomic E-state index is 0.0519. The van der Waals surface area contributed by atoms with Crippen molar-refractivity contribution in [2.24, 2.45) is 0 Å². The van der Waals surface area contributed by atoms with Crippen LogP contribution in [0.25, 0.3) is 11.2 Å². The van der Waals surface area contributed by atoms with Crippen LogP contribution in [0, 0.1) is 0 Å². The molecule has 0 bridgehead atoms. The van der Waals surface area contributed by atoms with Crippen LogP contribution < -0.4 is 10.1 Å². The van der Waals surface area contributed by atoms with Gasteiger partial charge >= 0.3 is 0 Å². The lowest BCUT2D eigenvalue weighted by atomic mass is 9.87. The number of aryl methyl sites for hydroxylation is 1. The van der Waals surface area contributed by atoms with E-state index in [2.05, 4.69) is 32.4 Å². The zero-order valence-electron chi connectivity index (χ0n) is 17.0. The molecule has 5 unspecified atom stereocenters. The molecule has 4 N–H and O–H groups in total. The second kappa shape index (κ2) is 8.04. The number of nitrogens with one attached hydrogen (secondary N) is 1. The highest BCUT2D eigenvalue weighted by molar-refractivity contribution is 5.83. The van der Waals surface area contributed by atoms with Gasteiger partial charge in [-0.2, -0.15) is 0 Å². The molecule has 1 aromatic carbocycles. The van der Waals surface area contributed by atoms with Gasteiger partial charge in [-0.05, 0) is 42.5 Å². The number of hydrogen-bond acceptors (Lipinski definition) is 9. The van der Waals surface area contributed by atoms with Crippen molar-refractivity contribution in [2.45, 2.75) is 49.8 Å². The largest absolute Gasteiger partial charge is 0.497 e. The summed E-state index contributed by atoms with van der Waals surface area (Å²) in [7, 11) is 1.66. The molecule has 3 heterocycles. The second-order valence-electron chi connectivity index (χ2n) is 7.93. The molecule has 0 saturated carbocycles. The molecule has 5 atom stereocenters.